The van der Waals surface area contributed by atoms with Crippen LogP contribution in [-0.2, 0) is 9.53 Å². The monoisotopic (exact) mass is 250 g/mol. The Hall–Kier alpha value is -2.37. The summed E-state index contributed by atoms with van der Waals surface area (Å²) in [6, 6.07) is 7.67. The van der Waals surface area contributed by atoms with Gasteiger partial charge in [0.1, 0.15) is 0 Å². The first-order valence-corrected chi connectivity index (χ1v) is 5.43. The zero-order chi connectivity index (χ0) is 13.4. The van der Waals surface area contributed by atoms with Crippen molar-refractivity contribution in [2.45, 2.75) is 6.92 Å². The highest BCUT2D eigenvalue weighted by atomic mass is 16.5. The van der Waals surface area contributed by atoms with Crippen LogP contribution in [0.15, 0.2) is 30.3 Å². The first kappa shape index (κ1) is 13.7. The van der Waals surface area contributed by atoms with Crippen LogP contribution in [0.2, 0.25) is 0 Å². The molecule has 2 N–H and O–H groups in total. The van der Waals surface area contributed by atoms with Crippen molar-refractivity contribution < 1.29 is 19.1 Å². The standard InChI is InChI=1S/C12H14N2O4/c1-2-13-12(17)14-10(15)8-18-11(16)9-6-4-3-5-7-9/h3-7H,2,8H2,1H3,(H2,13,14,15,17). The maximum atomic E-state index is 11.5. The minimum absolute atomic E-state index is 0.350. The maximum absolute atomic E-state index is 11.5. The van der Waals surface area contributed by atoms with Crippen molar-refractivity contribution in [3.05, 3.63) is 35.9 Å². The molecule has 0 heterocycles. The molecule has 0 aromatic heterocycles. The van der Waals surface area contributed by atoms with Crippen LogP contribution in [0.3, 0.4) is 0 Å². The third-order valence-corrected chi connectivity index (χ3v) is 1.93. The lowest BCUT2D eigenvalue weighted by Gasteiger charge is -2.05. The fourth-order valence-corrected chi connectivity index (χ4v) is 1.16. The summed E-state index contributed by atoms with van der Waals surface area (Å²) in [5.74, 6) is -1.29. The molecule has 0 spiro atoms. The molecule has 0 aliphatic heterocycles. The summed E-state index contributed by atoms with van der Waals surface area (Å²) in [6.07, 6.45) is 0. The van der Waals surface area contributed by atoms with Crippen molar-refractivity contribution in [1.82, 2.24) is 10.6 Å². The summed E-state index contributed by atoms with van der Waals surface area (Å²) in [5.41, 5.74) is 0.350. The molecule has 0 radical (unpaired) electrons. The van der Waals surface area contributed by atoms with E-state index in [-0.39, 0.29) is 0 Å². The third kappa shape index (κ3) is 4.65. The number of hydrogen-bond donors (Lipinski definition) is 2. The van der Waals surface area contributed by atoms with Crippen molar-refractivity contribution >= 4 is 17.9 Å². The first-order valence-electron chi connectivity index (χ1n) is 5.43. The van der Waals surface area contributed by atoms with E-state index in [1.807, 2.05) is 5.32 Å². The maximum Gasteiger partial charge on any atom is 0.338 e. The second kappa shape index (κ2) is 7.05. The van der Waals surface area contributed by atoms with E-state index in [0.29, 0.717) is 12.1 Å². The van der Waals surface area contributed by atoms with Crippen LogP contribution in [-0.4, -0.2) is 31.1 Å². The number of esters is 1. The van der Waals surface area contributed by atoms with Crippen LogP contribution < -0.4 is 10.6 Å². The SMILES string of the molecule is CCNC(=O)NC(=O)COC(=O)c1ccccc1. The minimum atomic E-state index is -0.676. The Kier molecular flexibility index (Phi) is 5.37. The molecule has 1 rings (SSSR count). The van der Waals surface area contributed by atoms with Gasteiger partial charge in [-0.2, -0.15) is 0 Å². The molecular formula is C12H14N2O4. The van der Waals surface area contributed by atoms with Crippen LogP contribution in [0.25, 0.3) is 0 Å². The average Bonchev–Trinajstić information content (AvgIpc) is 2.37. The highest BCUT2D eigenvalue weighted by molar-refractivity contribution is 5.96. The van der Waals surface area contributed by atoms with Crippen molar-refractivity contribution in [2.75, 3.05) is 13.2 Å². The Morgan fingerprint density at radius 2 is 1.83 bits per heavy atom. The lowest BCUT2D eigenvalue weighted by atomic mass is 10.2. The molecule has 0 saturated carbocycles. The predicted octanol–water partition coefficient (Wildman–Crippen LogP) is 0.689. The molecule has 96 valence electrons. The van der Waals surface area contributed by atoms with Crippen molar-refractivity contribution in [1.29, 1.82) is 0 Å². The third-order valence-electron chi connectivity index (χ3n) is 1.93. The van der Waals surface area contributed by atoms with E-state index in [4.69, 9.17) is 4.74 Å². The Bertz CT molecular complexity index is 431. The van der Waals surface area contributed by atoms with E-state index >= 15 is 0 Å². The topological polar surface area (TPSA) is 84.5 Å². The molecule has 6 heteroatoms. The van der Waals surface area contributed by atoms with Gasteiger partial charge in [0.15, 0.2) is 6.61 Å². The van der Waals surface area contributed by atoms with E-state index in [2.05, 4.69) is 5.32 Å². The molecule has 18 heavy (non-hydrogen) atoms. The lowest BCUT2D eigenvalue weighted by Crippen LogP contribution is -2.41. The quantitative estimate of drug-likeness (QED) is 0.770. The highest BCUT2D eigenvalue weighted by Crippen LogP contribution is 2.00. The van der Waals surface area contributed by atoms with Gasteiger partial charge in [-0.25, -0.2) is 9.59 Å². The van der Waals surface area contributed by atoms with Gasteiger partial charge in [-0.05, 0) is 19.1 Å². The van der Waals surface area contributed by atoms with Crippen LogP contribution in [0.4, 0.5) is 4.79 Å². The number of ether oxygens (including phenoxy) is 1. The highest BCUT2D eigenvalue weighted by Gasteiger charge is 2.11. The second-order valence-electron chi connectivity index (χ2n) is 3.35. The molecule has 6 nitrogen and oxygen atoms in total. The van der Waals surface area contributed by atoms with E-state index in [1.54, 1.807) is 37.3 Å². The van der Waals surface area contributed by atoms with E-state index in [0.717, 1.165) is 0 Å². The summed E-state index contributed by atoms with van der Waals surface area (Å²) >= 11 is 0. The van der Waals surface area contributed by atoms with Gasteiger partial charge in [0, 0.05) is 6.54 Å². The Morgan fingerprint density at radius 3 is 2.44 bits per heavy atom. The fourth-order valence-electron chi connectivity index (χ4n) is 1.16. The molecule has 0 bridgehead atoms. The number of benzene rings is 1. The van der Waals surface area contributed by atoms with Crippen molar-refractivity contribution in [3.8, 4) is 0 Å². The average molecular weight is 250 g/mol. The smallest absolute Gasteiger partial charge is 0.338 e. The van der Waals surface area contributed by atoms with Gasteiger partial charge in [0.2, 0.25) is 0 Å². The van der Waals surface area contributed by atoms with Crippen LogP contribution in [0, 0.1) is 0 Å². The van der Waals surface area contributed by atoms with E-state index in [1.165, 1.54) is 0 Å². The number of nitrogens with one attached hydrogen (secondary N) is 2. The van der Waals surface area contributed by atoms with Gasteiger partial charge < -0.3 is 10.1 Å². The number of carbonyl (C=O) groups is 3. The molecule has 0 fully saturated rings. The number of hydrogen-bond acceptors (Lipinski definition) is 4. The summed E-state index contributed by atoms with van der Waals surface area (Å²) in [7, 11) is 0. The molecule has 1 aromatic rings. The summed E-state index contributed by atoms with van der Waals surface area (Å²) in [5, 5.41) is 4.41. The predicted molar refractivity (Wildman–Crippen MR) is 63.9 cm³/mol. The van der Waals surface area contributed by atoms with Crippen LogP contribution in [0.5, 0.6) is 0 Å². The number of amides is 3. The Morgan fingerprint density at radius 1 is 1.17 bits per heavy atom. The second-order valence-corrected chi connectivity index (χ2v) is 3.35. The summed E-state index contributed by atoms with van der Waals surface area (Å²) in [4.78, 5) is 33.7. The van der Waals surface area contributed by atoms with Gasteiger partial charge >= 0.3 is 12.0 Å². The number of carbonyl (C=O) groups excluding carboxylic acids is 3. The number of urea groups is 1. The molecule has 0 aliphatic carbocycles. The first-order chi connectivity index (χ1) is 8.63. The van der Waals surface area contributed by atoms with Crippen molar-refractivity contribution in [3.63, 3.8) is 0 Å². The minimum Gasteiger partial charge on any atom is -0.452 e. The molecule has 3 amide bonds. The normalized spacial score (nSPS) is 9.39. The van der Waals surface area contributed by atoms with E-state index < -0.39 is 24.5 Å². The number of rotatable bonds is 4. The fraction of sp³-hybridized carbons (Fsp3) is 0.250. The molecular weight excluding hydrogens is 236 g/mol. The van der Waals surface area contributed by atoms with Gasteiger partial charge in [0.05, 0.1) is 5.56 Å². The van der Waals surface area contributed by atoms with Gasteiger partial charge in [-0.3, -0.25) is 10.1 Å². The largest absolute Gasteiger partial charge is 0.452 e. The summed E-state index contributed by atoms with van der Waals surface area (Å²) in [6.45, 7) is 1.63. The molecule has 0 atom stereocenters. The Balaban J connectivity index is 2.35. The van der Waals surface area contributed by atoms with Crippen LogP contribution >= 0.6 is 0 Å². The van der Waals surface area contributed by atoms with Gasteiger partial charge in [0.25, 0.3) is 5.91 Å². The van der Waals surface area contributed by atoms with Gasteiger partial charge in [-0.15, -0.1) is 0 Å². The molecule has 0 aliphatic rings. The number of imide groups is 1. The lowest BCUT2D eigenvalue weighted by molar-refractivity contribution is -0.123. The van der Waals surface area contributed by atoms with Gasteiger partial charge in [-0.1, -0.05) is 18.2 Å². The zero-order valence-corrected chi connectivity index (χ0v) is 9.93. The molecule has 1 aromatic carbocycles. The van der Waals surface area contributed by atoms with E-state index in [9.17, 15) is 14.4 Å². The Labute approximate surface area is 104 Å². The summed E-state index contributed by atoms with van der Waals surface area (Å²) < 4.78 is 4.74. The molecule has 0 saturated heterocycles. The van der Waals surface area contributed by atoms with Crippen molar-refractivity contribution in [2.24, 2.45) is 0 Å². The van der Waals surface area contributed by atoms with Crippen LogP contribution in [0.1, 0.15) is 17.3 Å². The zero-order valence-electron chi connectivity index (χ0n) is 9.93. The molecule has 0 unspecified atom stereocenters.